The van der Waals surface area contributed by atoms with Crippen LogP contribution in [-0.4, -0.2) is 28.2 Å². The largest absolute Gasteiger partial charge is 0.478 e. The third kappa shape index (κ3) is 7.19. The van der Waals surface area contributed by atoms with Gasteiger partial charge in [-0.1, -0.05) is 6.08 Å². The first kappa shape index (κ1) is 8.19. The molecule has 0 spiro atoms. The second-order valence-electron chi connectivity index (χ2n) is 1.46. The van der Waals surface area contributed by atoms with E-state index in [1.54, 1.807) is 0 Å². The first-order valence-corrected chi connectivity index (χ1v) is 2.38. The monoisotopic (exact) mass is 130 g/mol. The summed E-state index contributed by atoms with van der Waals surface area (Å²) in [5.41, 5.74) is 0. The molecule has 5 heteroatoms. The molecule has 0 aromatic rings. The zero-order valence-electron chi connectivity index (χ0n) is 4.69. The van der Waals surface area contributed by atoms with Crippen molar-refractivity contribution in [2.24, 2.45) is 0 Å². The molecule has 0 aromatic carbocycles. The Labute approximate surface area is 52.6 Å². The highest BCUT2D eigenvalue weighted by Gasteiger charge is 2.01. The standard InChI is InChI=1S/C4H7BO4/c6-4(7)2-1-3-5(8)9/h1-2,8-9H,3H2,(H,6,7). The van der Waals surface area contributed by atoms with Gasteiger partial charge in [-0.25, -0.2) is 4.79 Å². The zero-order valence-corrected chi connectivity index (χ0v) is 4.69. The van der Waals surface area contributed by atoms with Gasteiger partial charge in [-0.15, -0.1) is 0 Å². The van der Waals surface area contributed by atoms with Crippen molar-refractivity contribution in [3.8, 4) is 0 Å². The second-order valence-corrected chi connectivity index (χ2v) is 1.46. The summed E-state index contributed by atoms with van der Waals surface area (Å²) in [5.74, 6) is -1.09. The van der Waals surface area contributed by atoms with Gasteiger partial charge in [0.2, 0.25) is 0 Å². The number of allylic oxidation sites excluding steroid dienone is 1. The molecule has 0 atom stereocenters. The summed E-state index contributed by atoms with van der Waals surface area (Å²) in [6.07, 6.45) is 1.98. The molecule has 0 heterocycles. The maximum atomic E-state index is 9.73. The SMILES string of the molecule is O=C(O)C=CCB(O)O. The summed E-state index contributed by atoms with van der Waals surface area (Å²) < 4.78 is 0. The van der Waals surface area contributed by atoms with Crippen molar-refractivity contribution >= 4 is 13.1 Å². The molecule has 0 fully saturated rings. The van der Waals surface area contributed by atoms with Crippen molar-refractivity contribution in [2.45, 2.75) is 6.32 Å². The van der Waals surface area contributed by atoms with Crippen LogP contribution in [-0.2, 0) is 4.79 Å². The van der Waals surface area contributed by atoms with E-state index in [1.807, 2.05) is 0 Å². The fraction of sp³-hybridized carbons (Fsp3) is 0.250. The summed E-state index contributed by atoms with van der Waals surface area (Å²) in [6, 6.07) is 0. The number of carboxylic acids is 1. The quantitative estimate of drug-likeness (QED) is 0.341. The van der Waals surface area contributed by atoms with Gasteiger partial charge >= 0.3 is 13.1 Å². The molecule has 50 valence electrons. The molecule has 0 bridgehead atoms. The van der Waals surface area contributed by atoms with Crippen LogP contribution in [0.5, 0.6) is 0 Å². The molecule has 0 aromatic heterocycles. The highest BCUT2D eigenvalue weighted by atomic mass is 16.4. The third-order valence-corrected chi connectivity index (χ3v) is 0.607. The van der Waals surface area contributed by atoms with Crippen molar-refractivity contribution in [1.29, 1.82) is 0 Å². The molecule has 9 heavy (non-hydrogen) atoms. The van der Waals surface area contributed by atoms with Gasteiger partial charge in [-0.2, -0.15) is 0 Å². The number of aliphatic carboxylic acids is 1. The molecule has 0 aliphatic carbocycles. The smallest absolute Gasteiger partial charge is 0.455 e. The molecule has 0 radical (unpaired) electrons. The Bertz CT molecular complexity index is 120. The Balaban J connectivity index is 3.36. The van der Waals surface area contributed by atoms with Gasteiger partial charge in [0, 0.05) is 12.4 Å². The Morgan fingerprint density at radius 2 is 2.11 bits per heavy atom. The Kier molecular flexibility index (Phi) is 3.74. The average molecular weight is 130 g/mol. The number of carbonyl (C=O) groups is 1. The normalized spacial score (nSPS) is 10.0. The van der Waals surface area contributed by atoms with Crippen LogP contribution in [0.1, 0.15) is 0 Å². The summed E-state index contributed by atoms with van der Waals surface area (Å²) in [6.45, 7) is 0. The van der Waals surface area contributed by atoms with E-state index in [2.05, 4.69) is 0 Å². The van der Waals surface area contributed by atoms with Crippen molar-refractivity contribution in [2.75, 3.05) is 0 Å². The number of carboxylic acid groups (broad SMARTS) is 1. The molecule has 0 saturated carbocycles. The minimum atomic E-state index is -1.46. The van der Waals surface area contributed by atoms with Crippen LogP contribution < -0.4 is 0 Å². The molecule has 0 saturated heterocycles. The van der Waals surface area contributed by atoms with E-state index in [0.29, 0.717) is 0 Å². The molecule has 0 aliphatic rings. The van der Waals surface area contributed by atoms with Crippen LogP contribution in [0.25, 0.3) is 0 Å². The molecule has 0 amide bonds. The Morgan fingerprint density at radius 1 is 1.56 bits per heavy atom. The average Bonchev–Trinajstić information content (AvgIpc) is 1.63. The van der Waals surface area contributed by atoms with Gasteiger partial charge in [0.15, 0.2) is 0 Å². The Morgan fingerprint density at radius 3 is 2.44 bits per heavy atom. The zero-order chi connectivity index (χ0) is 7.28. The topological polar surface area (TPSA) is 77.8 Å². The van der Waals surface area contributed by atoms with Gasteiger partial charge in [0.1, 0.15) is 0 Å². The van der Waals surface area contributed by atoms with Crippen LogP contribution in [0.3, 0.4) is 0 Å². The predicted octanol–water partition coefficient (Wildman–Crippen LogP) is -0.900. The molecule has 0 rings (SSSR count). The van der Waals surface area contributed by atoms with E-state index in [9.17, 15) is 4.79 Å². The van der Waals surface area contributed by atoms with E-state index in [1.165, 1.54) is 6.08 Å². The van der Waals surface area contributed by atoms with Crippen LogP contribution in [0, 0.1) is 0 Å². The predicted molar refractivity (Wildman–Crippen MR) is 31.8 cm³/mol. The summed E-state index contributed by atoms with van der Waals surface area (Å²) in [5, 5.41) is 24.3. The fourth-order valence-electron chi connectivity index (χ4n) is 0.291. The van der Waals surface area contributed by atoms with Gasteiger partial charge in [-0.05, 0) is 0 Å². The van der Waals surface area contributed by atoms with Gasteiger partial charge < -0.3 is 15.2 Å². The van der Waals surface area contributed by atoms with Crippen molar-refractivity contribution < 1.29 is 19.9 Å². The molecular weight excluding hydrogens is 123 g/mol. The second kappa shape index (κ2) is 4.11. The molecule has 3 N–H and O–H groups in total. The minimum absolute atomic E-state index is 0.0493. The van der Waals surface area contributed by atoms with E-state index in [4.69, 9.17) is 15.2 Å². The van der Waals surface area contributed by atoms with E-state index in [0.717, 1.165) is 6.08 Å². The van der Waals surface area contributed by atoms with E-state index >= 15 is 0 Å². The van der Waals surface area contributed by atoms with Crippen LogP contribution >= 0.6 is 0 Å². The van der Waals surface area contributed by atoms with Gasteiger partial charge in [0.05, 0.1) is 0 Å². The molecule has 4 nitrogen and oxygen atoms in total. The number of rotatable bonds is 3. The fourth-order valence-corrected chi connectivity index (χ4v) is 0.291. The lowest BCUT2D eigenvalue weighted by Gasteiger charge is -1.86. The van der Waals surface area contributed by atoms with Gasteiger partial charge in [-0.3, -0.25) is 0 Å². The lowest BCUT2D eigenvalue weighted by atomic mass is 9.86. The summed E-state index contributed by atoms with van der Waals surface area (Å²) >= 11 is 0. The van der Waals surface area contributed by atoms with Gasteiger partial charge in [0.25, 0.3) is 0 Å². The van der Waals surface area contributed by atoms with Crippen LogP contribution in [0.4, 0.5) is 0 Å². The lowest BCUT2D eigenvalue weighted by Crippen LogP contribution is -2.07. The minimum Gasteiger partial charge on any atom is -0.478 e. The maximum absolute atomic E-state index is 9.73. The molecule has 0 unspecified atom stereocenters. The van der Waals surface area contributed by atoms with Crippen molar-refractivity contribution in [3.63, 3.8) is 0 Å². The molecule has 0 aliphatic heterocycles. The first-order chi connectivity index (χ1) is 4.13. The number of hydrogen-bond donors (Lipinski definition) is 3. The highest BCUT2D eigenvalue weighted by Crippen LogP contribution is 1.85. The Hall–Kier alpha value is -0.805. The number of hydrogen-bond acceptors (Lipinski definition) is 3. The first-order valence-electron chi connectivity index (χ1n) is 2.38. The van der Waals surface area contributed by atoms with Crippen molar-refractivity contribution in [3.05, 3.63) is 12.2 Å². The van der Waals surface area contributed by atoms with Crippen molar-refractivity contribution in [1.82, 2.24) is 0 Å². The summed E-state index contributed by atoms with van der Waals surface area (Å²) in [7, 11) is -1.46. The summed E-state index contributed by atoms with van der Waals surface area (Å²) in [4.78, 5) is 9.73. The lowest BCUT2D eigenvalue weighted by molar-refractivity contribution is -0.131. The van der Waals surface area contributed by atoms with Crippen LogP contribution in [0.2, 0.25) is 6.32 Å². The van der Waals surface area contributed by atoms with E-state index < -0.39 is 13.1 Å². The maximum Gasteiger partial charge on any atom is 0.455 e. The highest BCUT2D eigenvalue weighted by molar-refractivity contribution is 6.41. The molecular formula is C4H7BO4. The van der Waals surface area contributed by atoms with Crippen LogP contribution in [0.15, 0.2) is 12.2 Å². The third-order valence-electron chi connectivity index (χ3n) is 0.607. The van der Waals surface area contributed by atoms with E-state index in [-0.39, 0.29) is 6.32 Å².